The molecule has 0 aliphatic carbocycles. The first-order valence-corrected chi connectivity index (χ1v) is 5.86. The summed E-state index contributed by atoms with van der Waals surface area (Å²) in [6, 6.07) is 0.163. The fourth-order valence-corrected chi connectivity index (χ4v) is 2.24. The lowest BCUT2D eigenvalue weighted by Crippen LogP contribution is -2.49. The van der Waals surface area contributed by atoms with Gasteiger partial charge in [-0.05, 0) is 6.07 Å². The van der Waals surface area contributed by atoms with Crippen molar-refractivity contribution in [2.75, 3.05) is 26.2 Å². The highest BCUT2D eigenvalue weighted by atomic mass is 19.4. The lowest BCUT2D eigenvalue weighted by Gasteiger charge is -2.36. The number of nitrogens with zero attached hydrogens (tertiary/aromatic N) is 1. The number of nitrogens with one attached hydrogen (secondary N) is 1. The zero-order valence-corrected chi connectivity index (χ0v) is 9.97. The van der Waals surface area contributed by atoms with Crippen LogP contribution < -0.4 is 5.32 Å². The third kappa shape index (κ3) is 3.22. The first-order chi connectivity index (χ1) is 8.89. The van der Waals surface area contributed by atoms with Crippen molar-refractivity contribution in [3.8, 4) is 0 Å². The molecule has 0 spiro atoms. The summed E-state index contributed by atoms with van der Waals surface area (Å²) in [5.41, 5.74) is -0.532. The normalized spacial score (nSPS) is 19.4. The van der Waals surface area contributed by atoms with Gasteiger partial charge in [-0.1, -0.05) is 6.07 Å². The van der Waals surface area contributed by atoms with Crippen LogP contribution in [-0.2, 0) is 0 Å². The van der Waals surface area contributed by atoms with Crippen molar-refractivity contribution in [2.24, 2.45) is 0 Å². The van der Waals surface area contributed by atoms with E-state index in [1.165, 1.54) is 0 Å². The molecule has 0 radical (unpaired) electrons. The first kappa shape index (κ1) is 14.2. The van der Waals surface area contributed by atoms with E-state index in [-0.39, 0.29) is 13.1 Å². The Bertz CT molecular complexity index is 440. The van der Waals surface area contributed by atoms with Crippen molar-refractivity contribution in [3.63, 3.8) is 0 Å². The molecule has 1 atom stereocenters. The molecular weight excluding hydrogens is 267 g/mol. The standard InChI is InChI=1S/C12H13F5N2/c13-8-1-2-9(10(14)7-8)11(12(15,16)17)19-5-3-18-4-6-19/h1-2,7,11,18H,3-6H2/t11-/m0/s1. The Morgan fingerprint density at radius 3 is 2.26 bits per heavy atom. The average molecular weight is 280 g/mol. The molecule has 1 aromatic rings. The van der Waals surface area contributed by atoms with Crippen molar-refractivity contribution in [1.82, 2.24) is 10.2 Å². The Balaban J connectivity index is 2.36. The minimum Gasteiger partial charge on any atom is -0.314 e. The lowest BCUT2D eigenvalue weighted by atomic mass is 10.0. The number of halogens is 5. The summed E-state index contributed by atoms with van der Waals surface area (Å²) in [6.45, 7) is 1.16. The van der Waals surface area contributed by atoms with Gasteiger partial charge < -0.3 is 5.32 Å². The Labute approximate surface area is 107 Å². The monoisotopic (exact) mass is 280 g/mol. The summed E-state index contributed by atoms with van der Waals surface area (Å²) >= 11 is 0. The van der Waals surface area contributed by atoms with Gasteiger partial charge in [0, 0.05) is 37.8 Å². The Morgan fingerprint density at radius 1 is 1.11 bits per heavy atom. The molecule has 0 unspecified atom stereocenters. The highest BCUT2D eigenvalue weighted by Crippen LogP contribution is 2.38. The molecule has 1 aromatic carbocycles. The minimum absolute atomic E-state index is 0.168. The molecule has 1 aliphatic rings. The number of alkyl halides is 3. The maximum absolute atomic E-state index is 13.6. The summed E-state index contributed by atoms with van der Waals surface area (Å²) in [4.78, 5) is 1.16. The fourth-order valence-electron chi connectivity index (χ4n) is 2.24. The maximum atomic E-state index is 13.6. The predicted octanol–water partition coefficient (Wildman–Crippen LogP) is 2.47. The van der Waals surface area contributed by atoms with Crippen LogP contribution in [0.2, 0.25) is 0 Å². The van der Waals surface area contributed by atoms with E-state index in [9.17, 15) is 22.0 Å². The quantitative estimate of drug-likeness (QED) is 0.837. The van der Waals surface area contributed by atoms with Gasteiger partial charge in [-0.2, -0.15) is 13.2 Å². The molecule has 1 fully saturated rings. The second-order valence-electron chi connectivity index (χ2n) is 4.40. The molecule has 2 nitrogen and oxygen atoms in total. The van der Waals surface area contributed by atoms with Crippen LogP contribution in [0.4, 0.5) is 22.0 Å². The van der Waals surface area contributed by atoms with E-state index < -0.39 is 29.4 Å². The van der Waals surface area contributed by atoms with E-state index in [0.717, 1.165) is 17.0 Å². The summed E-state index contributed by atoms with van der Waals surface area (Å²) in [5.74, 6) is -2.05. The Kier molecular flexibility index (Phi) is 4.05. The largest absolute Gasteiger partial charge is 0.408 e. The van der Waals surface area contributed by atoms with Crippen LogP contribution in [0.1, 0.15) is 11.6 Å². The SMILES string of the molecule is Fc1ccc([C@H](N2CCNCC2)C(F)(F)F)c(F)c1. The lowest BCUT2D eigenvalue weighted by molar-refractivity contribution is -0.188. The van der Waals surface area contributed by atoms with Crippen LogP contribution >= 0.6 is 0 Å². The van der Waals surface area contributed by atoms with Crippen LogP contribution in [0.3, 0.4) is 0 Å². The van der Waals surface area contributed by atoms with Gasteiger partial charge in [0.05, 0.1) is 0 Å². The van der Waals surface area contributed by atoms with Gasteiger partial charge >= 0.3 is 6.18 Å². The van der Waals surface area contributed by atoms with Crippen LogP contribution in [0.15, 0.2) is 18.2 Å². The van der Waals surface area contributed by atoms with E-state index in [1.54, 1.807) is 0 Å². The van der Waals surface area contributed by atoms with E-state index in [0.29, 0.717) is 19.2 Å². The summed E-state index contributed by atoms with van der Waals surface area (Å²) in [6.07, 6.45) is -4.60. The predicted molar refractivity (Wildman–Crippen MR) is 59.6 cm³/mol. The van der Waals surface area contributed by atoms with E-state index >= 15 is 0 Å². The number of rotatable bonds is 2. The van der Waals surface area contributed by atoms with Crippen LogP contribution in [0, 0.1) is 11.6 Å². The van der Waals surface area contributed by atoms with Gasteiger partial charge in [-0.25, -0.2) is 8.78 Å². The minimum atomic E-state index is -4.60. The summed E-state index contributed by atoms with van der Waals surface area (Å²) < 4.78 is 65.9. The smallest absolute Gasteiger partial charge is 0.314 e. The Morgan fingerprint density at radius 2 is 1.74 bits per heavy atom. The second-order valence-corrected chi connectivity index (χ2v) is 4.40. The van der Waals surface area contributed by atoms with Gasteiger partial charge in [0.25, 0.3) is 0 Å². The van der Waals surface area contributed by atoms with Gasteiger partial charge in [0.1, 0.15) is 17.7 Å². The third-order valence-corrected chi connectivity index (χ3v) is 3.08. The molecule has 0 saturated carbocycles. The molecule has 0 bridgehead atoms. The van der Waals surface area contributed by atoms with Gasteiger partial charge in [0.2, 0.25) is 0 Å². The molecule has 106 valence electrons. The molecule has 1 aliphatic heterocycles. The zero-order valence-electron chi connectivity index (χ0n) is 9.97. The fraction of sp³-hybridized carbons (Fsp3) is 0.500. The van der Waals surface area contributed by atoms with Crippen molar-refractivity contribution < 1.29 is 22.0 Å². The van der Waals surface area contributed by atoms with E-state index in [4.69, 9.17) is 0 Å². The number of hydrogen-bond donors (Lipinski definition) is 1. The van der Waals surface area contributed by atoms with Crippen molar-refractivity contribution in [3.05, 3.63) is 35.4 Å². The number of benzene rings is 1. The molecule has 2 rings (SSSR count). The van der Waals surface area contributed by atoms with Crippen molar-refractivity contribution in [2.45, 2.75) is 12.2 Å². The van der Waals surface area contributed by atoms with Gasteiger partial charge in [-0.15, -0.1) is 0 Å². The average Bonchev–Trinajstić information content (AvgIpc) is 2.32. The highest BCUT2D eigenvalue weighted by molar-refractivity contribution is 5.24. The number of piperazine rings is 1. The van der Waals surface area contributed by atoms with Crippen molar-refractivity contribution >= 4 is 0 Å². The van der Waals surface area contributed by atoms with Gasteiger partial charge in [0.15, 0.2) is 0 Å². The van der Waals surface area contributed by atoms with E-state index in [2.05, 4.69) is 5.32 Å². The highest BCUT2D eigenvalue weighted by Gasteiger charge is 2.46. The molecule has 1 heterocycles. The molecule has 7 heteroatoms. The molecule has 0 aromatic heterocycles. The van der Waals surface area contributed by atoms with Crippen LogP contribution in [0.25, 0.3) is 0 Å². The molecule has 1 N–H and O–H groups in total. The van der Waals surface area contributed by atoms with Crippen molar-refractivity contribution in [1.29, 1.82) is 0 Å². The van der Waals surface area contributed by atoms with E-state index in [1.807, 2.05) is 0 Å². The second kappa shape index (κ2) is 5.42. The van der Waals surface area contributed by atoms with Crippen LogP contribution in [-0.4, -0.2) is 37.3 Å². The maximum Gasteiger partial charge on any atom is 0.408 e. The summed E-state index contributed by atoms with van der Waals surface area (Å²) in [5, 5.41) is 2.93. The molecular formula is C12H13F5N2. The molecule has 1 saturated heterocycles. The summed E-state index contributed by atoms with van der Waals surface area (Å²) in [7, 11) is 0. The zero-order chi connectivity index (χ0) is 14.0. The van der Waals surface area contributed by atoms with Gasteiger partial charge in [-0.3, -0.25) is 4.90 Å². The Hall–Kier alpha value is -1.21. The number of hydrogen-bond acceptors (Lipinski definition) is 2. The third-order valence-electron chi connectivity index (χ3n) is 3.08. The van der Waals surface area contributed by atoms with Crippen LogP contribution in [0.5, 0.6) is 0 Å². The molecule has 0 amide bonds. The molecule has 19 heavy (non-hydrogen) atoms. The first-order valence-electron chi connectivity index (χ1n) is 5.86. The topological polar surface area (TPSA) is 15.3 Å².